The van der Waals surface area contributed by atoms with Crippen LogP contribution in [-0.4, -0.2) is 30.1 Å². The molecular weight excluding hydrogens is 418 g/mol. The normalized spacial score (nSPS) is 18.8. The fraction of sp³-hybridized carbons (Fsp3) is 0.481. The van der Waals surface area contributed by atoms with Gasteiger partial charge in [0, 0.05) is 29.8 Å². The number of benzene rings is 2. The van der Waals surface area contributed by atoms with E-state index in [1.54, 1.807) is 18.1 Å². The highest BCUT2D eigenvalue weighted by atomic mass is 16.5. The molecule has 4 rings (SSSR count). The van der Waals surface area contributed by atoms with E-state index in [0.29, 0.717) is 29.4 Å². The summed E-state index contributed by atoms with van der Waals surface area (Å²) >= 11 is 0. The first-order valence-corrected chi connectivity index (χ1v) is 11.8. The van der Waals surface area contributed by atoms with Gasteiger partial charge in [0.15, 0.2) is 0 Å². The van der Waals surface area contributed by atoms with Crippen LogP contribution in [0.3, 0.4) is 0 Å². The van der Waals surface area contributed by atoms with Crippen LogP contribution in [0.4, 0.5) is 5.69 Å². The Morgan fingerprint density at radius 2 is 1.73 bits per heavy atom. The lowest BCUT2D eigenvalue weighted by Crippen LogP contribution is -2.42. The van der Waals surface area contributed by atoms with Crippen molar-refractivity contribution in [3.63, 3.8) is 0 Å². The maximum atomic E-state index is 13.6. The van der Waals surface area contributed by atoms with Crippen LogP contribution in [0.25, 0.3) is 21.9 Å². The van der Waals surface area contributed by atoms with Crippen LogP contribution in [-0.2, 0) is 16.1 Å². The maximum Gasteiger partial charge on any atom is 0.337 e. The molecule has 0 aliphatic heterocycles. The number of aryl methyl sites for hydroxylation is 1. The summed E-state index contributed by atoms with van der Waals surface area (Å²) in [5, 5.41) is 11.7. The van der Waals surface area contributed by atoms with E-state index in [1.165, 1.54) is 0 Å². The smallest absolute Gasteiger partial charge is 0.337 e. The van der Waals surface area contributed by atoms with Gasteiger partial charge >= 0.3 is 5.97 Å². The molecule has 33 heavy (non-hydrogen) atoms. The largest absolute Gasteiger partial charge is 0.478 e. The molecule has 6 heteroatoms. The van der Waals surface area contributed by atoms with Crippen LogP contribution in [0.15, 0.2) is 28.7 Å². The van der Waals surface area contributed by atoms with E-state index >= 15 is 0 Å². The van der Waals surface area contributed by atoms with Crippen molar-refractivity contribution < 1.29 is 23.8 Å². The molecule has 1 heterocycles. The predicted molar refractivity (Wildman–Crippen MR) is 130 cm³/mol. The van der Waals surface area contributed by atoms with Gasteiger partial charge in [-0.15, -0.1) is 0 Å². The van der Waals surface area contributed by atoms with Crippen LogP contribution < -0.4 is 4.90 Å². The average molecular weight is 452 g/mol. The van der Waals surface area contributed by atoms with Crippen LogP contribution in [0.5, 0.6) is 0 Å². The Morgan fingerprint density at radius 1 is 1.09 bits per heavy atom. The SMILES string of the molecule is COCc1cc2c(cc1C)oc1cc(C(=O)O)c(N(C(=O)C3CCC(C)CC3)C(C)C)cc12. The van der Waals surface area contributed by atoms with Crippen LogP contribution in [0, 0.1) is 18.8 Å². The summed E-state index contributed by atoms with van der Waals surface area (Å²) in [6.45, 7) is 8.57. The number of amides is 1. The molecule has 1 aliphatic carbocycles. The molecule has 1 fully saturated rings. The Hall–Kier alpha value is -2.86. The van der Waals surface area contributed by atoms with Crippen molar-refractivity contribution in [3.05, 3.63) is 41.0 Å². The van der Waals surface area contributed by atoms with Crippen molar-refractivity contribution in [2.45, 2.75) is 66.0 Å². The van der Waals surface area contributed by atoms with Crippen molar-refractivity contribution in [1.82, 2.24) is 0 Å². The van der Waals surface area contributed by atoms with E-state index in [9.17, 15) is 14.7 Å². The fourth-order valence-electron chi connectivity index (χ4n) is 5.04. The van der Waals surface area contributed by atoms with Gasteiger partial charge in [-0.05, 0) is 87.8 Å². The molecule has 2 aromatic carbocycles. The standard InChI is InChI=1S/C27H33NO5/c1-15(2)28(26(29)18-8-6-16(3)7-9-18)23-12-21-20-11-19(14-32-5)17(4)10-24(20)33-25(21)13-22(23)27(30)31/h10-13,15-16,18H,6-9,14H2,1-5H3,(H,30,31). The topological polar surface area (TPSA) is 80.0 Å². The van der Waals surface area contributed by atoms with Crippen molar-refractivity contribution in [1.29, 1.82) is 0 Å². The zero-order valence-electron chi connectivity index (χ0n) is 20.1. The van der Waals surface area contributed by atoms with Gasteiger partial charge in [-0.1, -0.05) is 6.92 Å². The van der Waals surface area contributed by atoms with Crippen LogP contribution in [0.2, 0.25) is 0 Å². The van der Waals surface area contributed by atoms with E-state index in [4.69, 9.17) is 9.15 Å². The van der Waals surface area contributed by atoms with Crippen molar-refractivity contribution in [3.8, 4) is 0 Å². The second kappa shape index (κ2) is 9.18. The molecule has 0 unspecified atom stereocenters. The highest BCUT2D eigenvalue weighted by molar-refractivity contribution is 6.12. The minimum Gasteiger partial charge on any atom is -0.478 e. The van der Waals surface area contributed by atoms with Crippen molar-refractivity contribution in [2.24, 2.45) is 11.8 Å². The number of aromatic carboxylic acids is 1. The number of ether oxygens (including phenoxy) is 1. The first-order chi connectivity index (χ1) is 15.7. The van der Waals surface area contributed by atoms with Gasteiger partial charge in [0.2, 0.25) is 5.91 Å². The molecule has 0 atom stereocenters. The number of anilines is 1. The summed E-state index contributed by atoms with van der Waals surface area (Å²) in [7, 11) is 1.66. The maximum absolute atomic E-state index is 13.6. The molecule has 0 radical (unpaired) electrons. The molecule has 1 aromatic heterocycles. The van der Waals surface area contributed by atoms with Gasteiger partial charge in [-0.3, -0.25) is 4.79 Å². The van der Waals surface area contributed by atoms with E-state index in [0.717, 1.165) is 47.6 Å². The first-order valence-electron chi connectivity index (χ1n) is 11.8. The Labute approximate surface area is 194 Å². The minimum absolute atomic E-state index is 0.0162. The third kappa shape index (κ3) is 4.36. The number of carboxylic acid groups (broad SMARTS) is 1. The molecule has 0 bridgehead atoms. The van der Waals surface area contributed by atoms with E-state index in [2.05, 4.69) is 6.92 Å². The summed E-state index contributed by atoms with van der Waals surface area (Å²) < 4.78 is 11.4. The molecule has 6 nitrogen and oxygen atoms in total. The summed E-state index contributed by atoms with van der Waals surface area (Å²) in [6, 6.07) is 7.20. The number of fused-ring (bicyclic) bond motifs is 3. The Bertz CT molecular complexity index is 1200. The monoisotopic (exact) mass is 451 g/mol. The van der Waals surface area contributed by atoms with Gasteiger partial charge in [0.1, 0.15) is 11.2 Å². The average Bonchev–Trinajstić information content (AvgIpc) is 3.10. The highest BCUT2D eigenvalue weighted by Crippen LogP contribution is 2.38. The third-order valence-corrected chi connectivity index (χ3v) is 6.95. The molecule has 1 aliphatic rings. The Balaban J connectivity index is 1.88. The number of nitrogens with zero attached hydrogens (tertiary/aromatic N) is 1. The molecule has 0 saturated heterocycles. The molecule has 1 N–H and O–H groups in total. The zero-order valence-corrected chi connectivity index (χ0v) is 20.1. The number of hydrogen-bond donors (Lipinski definition) is 1. The molecular formula is C27H33NO5. The first kappa shape index (κ1) is 23.3. The summed E-state index contributed by atoms with van der Waals surface area (Å²) in [4.78, 5) is 27.6. The summed E-state index contributed by atoms with van der Waals surface area (Å²) in [5.74, 6) is -0.491. The van der Waals surface area contributed by atoms with Gasteiger partial charge in [0.25, 0.3) is 0 Å². The van der Waals surface area contributed by atoms with Crippen molar-refractivity contribution in [2.75, 3.05) is 12.0 Å². The molecule has 1 amide bonds. The van der Waals surface area contributed by atoms with Crippen LogP contribution in [0.1, 0.15) is 67.9 Å². The second-order valence-electron chi connectivity index (χ2n) is 9.74. The number of carbonyl (C=O) groups is 2. The molecule has 176 valence electrons. The lowest BCUT2D eigenvalue weighted by atomic mass is 9.82. The third-order valence-electron chi connectivity index (χ3n) is 6.95. The zero-order chi connectivity index (χ0) is 23.9. The summed E-state index contributed by atoms with van der Waals surface area (Å²) in [6.07, 6.45) is 3.76. The number of furan rings is 1. The lowest BCUT2D eigenvalue weighted by molar-refractivity contribution is -0.123. The van der Waals surface area contributed by atoms with E-state index < -0.39 is 5.97 Å². The molecule has 1 saturated carbocycles. The Morgan fingerprint density at radius 3 is 2.33 bits per heavy atom. The van der Waals surface area contributed by atoms with Gasteiger partial charge in [-0.2, -0.15) is 0 Å². The summed E-state index contributed by atoms with van der Waals surface area (Å²) in [5.41, 5.74) is 3.81. The number of methoxy groups -OCH3 is 1. The minimum atomic E-state index is -1.07. The van der Waals surface area contributed by atoms with E-state index in [1.807, 2.05) is 39.0 Å². The van der Waals surface area contributed by atoms with Gasteiger partial charge < -0.3 is 19.2 Å². The second-order valence-corrected chi connectivity index (χ2v) is 9.74. The quantitative estimate of drug-likeness (QED) is 0.475. The molecule has 3 aromatic rings. The van der Waals surface area contributed by atoms with E-state index in [-0.39, 0.29) is 23.4 Å². The lowest BCUT2D eigenvalue weighted by Gasteiger charge is -2.34. The van der Waals surface area contributed by atoms with Gasteiger partial charge in [-0.25, -0.2) is 4.79 Å². The van der Waals surface area contributed by atoms with Crippen molar-refractivity contribution >= 4 is 39.5 Å². The fourth-order valence-corrected chi connectivity index (χ4v) is 5.04. The highest BCUT2D eigenvalue weighted by Gasteiger charge is 2.33. The number of carbonyl (C=O) groups excluding carboxylic acids is 1. The number of carboxylic acids is 1. The Kier molecular flexibility index (Phi) is 6.48. The number of rotatable bonds is 6. The predicted octanol–water partition coefficient (Wildman–Crippen LogP) is 6.31. The van der Waals surface area contributed by atoms with Crippen LogP contribution >= 0.6 is 0 Å². The number of hydrogen-bond acceptors (Lipinski definition) is 4. The van der Waals surface area contributed by atoms with Gasteiger partial charge in [0.05, 0.1) is 17.9 Å². The molecule has 0 spiro atoms.